The molecule has 1 aliphatic carbocycles. The quantitative estimate of drug-likeness (QED) is 0.794. The molecular formula is C13H18O2. The molecule has 0 amide bonds. The standard InChI is InChI=1S/C13H18O2/c14-8-7-13(15)12-6-5-10-3-1-2-4-11(10)9-12/h5-6,9,13-15H,1-4,7-8H2. The summed E-state index contributed by atoms with van der Waals surface area (Å²) in [5, 5.41) is 18.5. The Labute approximate surface area is 90.6 Å². The van der Waals surface area contributed by atoms with E-state index in [0.717, 1.165) is 12.0 Å². The fourth-order valence-corrected chi connectivity index (χ4v) is 2.25. The maximum Gasteiger partial charge on any atom is 0.0812 e. The lowest BCUT2D eigenvalue weighted by molar-refractivity contribution is 0.134. The molecule has 0 saturated heterocycles. The second-order valence-corrected chi connectivity index (χ2v) is 4.26. The highest BCUT2D eigenvalue weighted by Crippen LogP contribution is 2.25. The molecule has 0 aromatic heterocycles. The molecule has 1 unspecified atom stereocenters. The number of aliphatic hydroxyl groups is 2. The zero-order valence-corrected chi connectivity index (χ0v) is 8.95. The first-order chi connectivity index (χ1) is 7.31. The number of rotatable bonds is 3. The first-order valence-electron chi connectivity index (χ1n) is 5.72. The molecule has 1 aromatic rings. The van der Waals surface area contributed by atoms with Gasteiger partial charge in [-0.1, -0.05) is 18.2 Å². The molecule has 2 nitrogen and oxygen atoms in total. The number of aryl methyl sites for hydroxylation is 2. The van der Waals surface area contributed by atoms with E-state index in [9.17, 15) is 5.11 Å². The zero-order valence-electron chi connectivity index (χ0n) is 8.95. The third-order valence-corrected chi connectivity index (χ3v) is 3.16. The van der Waals surface area contributed by atoms with Crippen LogP contribution in [-0.4, -0.2) is 16.8 Å². The van der Waals surface area contributed by atoms with E-state index >= 15 is 0 Å². The van der Waals surface area contributed by atoms with Gasteiger partial charge in [0.25, 0.3) is 0 Å². The van der Waals surface area contributed by atoms with Gasteiger partial charge in [-0.05, 0) is 42.4 Å². The molecule has 1 atom stereocenters. The lowest BCUT2D eigenvalue weighted by Gasteiger charge is -2.18. The van der Waals surface area contributed by atoms with Crippen molar-refractivity contribution >= 4 is 0 Å². The molecule has 0 heterocycles. The monoisotopic (exact) mass is 206 g/mol. The van der Waals surface area contributed by atoms with Crippen LogP contribution in [0.4, 0.5) is 0 Å². The van der Waals surface area contributed by atoms with Crippen LogP contribution in [-0.2, 0) is 12.8 Å². The van der Waals surface area contributed by atoms with Gasteiger partial charge in [-0.15, -0.1) is 0 Å². The first-order valence-corrected chi connectivity index (χ1v) is 5.72. The minimum atomic E-state index is -0.512. The molecule has 1 aromatic carbocycles. The number of fused-ring (bicyclic) bond motifs is 1. The van der Waals surface area contributed by atoms with E-state index in [0.29, 0.717) is 6.42 Å². The van der Waals surface area contributed by atoms with Crippen LogP contribution in [0.3, 0.4) is 0 Å². The largest absolute Gasteiger partial charge is 0.396 e. The van der Waals surface area contributed by atoms with Crippen molar-refractivity contribution in [1.29, 1.82) is 0 Å². The number of aliphatic hydroxyl groups excluding tert-OH is 2. The van der Waals surface area contributed by atoms with E-state index < -0.39 is 6.10 Å². The Balaban J connectivity index is 2.20. The molecule has 2 N–H and O–H groups in total. The maximum atomic E-state index is 9.76. The van der Waals surface area contributed by atoms with Crippen molar-refractivity contribution < 1.29 is 10.2 Å². The molecular weight excluding hydrogens is 188 g/mol. The van der Waals surface area contributed by atoms with Crippen molar-refractivity contribution in [2.45, 2.75) is 38.2 Å². The molecule has 15 heavy (non-hydrogen) atoms. The van der Waals surface area contributed by atoms with E-state index in [4.69, 9.17) is 5.11 Å². The van der Waals surface area contributed by atoms with Gasteiger partial charge in [-0.3, -0.25) is 0 Å². The Morgan fingerprint density at radius 1 is 1.13 bits per heavy atom. The fourth-order valence-electron chi connectivity index (χ4n) is 2.25. The number of benzene rings is 1. The minimum Gasteiger partial charge on any atom is -0.396 e. The van der Waals surface area contributed by atoms with Crippen LogP contribution >= 0.6 is 0 Å². The topological polar surface area (TPSA) is 40.5 Å². The average molecular weight is 206 g/mol. The summed E-state index contributed by atoms with van der Waals surface area (Å²) in [5.41, 5.74) is 3.77. The van der Waals surface area contributed by atoms with Crippen LogP contribution in [0.25, 0.3) is 0 Å². The van der Waals surface area contributed by atoms with Gasteiger partial charge < -0.3 is 10.2 Å². The van der Waals surface area contributed by atoms with Gasteiger partial charge >= 0.3 is 0 Å². The molecule has 82 valence electrons. The molecule has 0 radical (unpaired) electrons. The van der Waals surface area contributed by atoms with Crippen LogP contribution in [0.5, 0.6) is 0 Å². The lowest BCUT2D eigenvalue weighted by Crippen LogP contribution is -2.06. The molecule has 0 saturated carbocycles. The van der Waals surface area contributed by atoms with Crippen molar-refractivity contribution in [2.75, 3.05) is 6.61 Å². The summed E-state index contributed by atoms with van der Waals surface area (Å²) in [6.07, 6.45) is 4.76. The molecule has 1 aliphatic rings. The van der Waals surface area contributed by atoms with E-state index in [-0.39, 0.29) is 6.61 Å². The fraction of sp³-hybridized carbons (Fsp3) is 0.538. The molecule has 0 fully saturated rings. The van der Waals surface area contributed by atoms with E-state index in [1.807, 2.05) is 6.07 Å². The Morgan fingerprint density at radius 3 is 2.60 bits per heavy atom. The second kappa shape index (κ2) is 4.77. The number of hydrogen-bond donors (Lipinski definition) is 2. The van der Waals surface area contributed by atoms with E-state index in [1.165, 1.54) is 30.4 Å². The minimum absolute atomic E-state index is 0.0399. The van der Waals surface area contributed by atoms with Crippen LogP contribution in [0, 0.1) is 0 Å². The highest BCUT2D eigenvalue weighted by molar-refractivity contribution is 5.34. The summed E-state index contributed by atoms with van der Waals surface area (Å²) in [6.45, 7) is 0.0399. The Morgan fingerprint density at radius 2 is 1.87 bits per heavy atom. The normalized spacial score (nSPS) is 17.2. The second-order valence-electron chi connectivity index (χ2n) is 4.26. The Kier molecular flexibility index (Phi) is 3.39. The molecule has 0 spiro atoms. The third-order valence-electron chi connectivity index (χ3n) is 3.16. The van der Waals surface area contributed by atoms with Crippen LogP contribution in [0.1, 0.15) is 42.1 Å². The van der Waals surface area contributed by atoms with Crippen molar-refractivity contribution in [3.63, 3.8) is 0 Å². The molecule has 0 aliphatic heterocycles. The van der Waals surface area contributed by atoms with Gasteiger partial charge in [0.15, 0.2) is 0 Å². The SMILES string of the molecule is OCCC(O)c1ccc2c(c1)CCCC2. The summed E-state index contributed by atoms with van der Waals surface area (Å²) in [4.78, 5) is 0. The van der Waals surface area contributed by atoms with Crippen LogP contribution in [0.15, 0.2) is 18.2 Å². The van der Waals surface area contributed by atoms with Crippen LogP contribution in [0.2, 0.25) is 0 Å². The van der Waals surface area contributed by atoms with Crippen molar-refractivity contribution in [2.24, 2.45) is 0 Å². The van der Waals surface area contributed by atoms with Crippen LogP contribution < -0.4 is 0 Å². The Bertz CT molecular complexity index is 333. The highest BCUT2D eigenvalue weighted by Gasteiger charge is 2.12. The summed E-state index contributed by atoms with van der Waals surface area (Å²) in [5.74, 6) is 0. The van der Waals surface area contributed by atoms with Gasteiger partial charge in [0, 0.05) is 13.0 Å². The zero-order chi connectivity index (χ0) is 10.7. The highest BCUT2D eigenvalue weighted by atomic mass is 16.3. The Hall–Kier alpha value is -0.860. The molecule has 0 bridgehead atoms. The van der Waals surface area contributed by atoms with E-state index in [1.54, 1.807) is 0 Å². The predicted octanol–water partition coefficient (Wildman–Crippen LogP) is 1.98. The average Bonchev–Trinajstić information content (AvgIpc) is 2.29. The predicted molar refractivity (Wildman–Crippen MR) is 59.7 cm³/mol. The van der Waals surface area contributed by atoms with Crippen molar-refractivity contribution in [3.8, 4) is 0 Å². The van der Waals surface area contributed by atoms with E-state index in [2.05, 4.69) is 12.1 Å². The summed E-state index contributed by atoms with van der Waals surface area (Å²) < 4.78 is 0. The summed E-state index contributed by atoms with van der Waals surface area (Å²) in [7, 11) is 0. The smallest absolute Gasteiger partial charge is 0.0812 e. The third kappa shape index (κ3) is 2.39. The summed E-state index contributed by atoms with van der Waals surface area (Å²) in [6, 6.07) is 6.23. The molecule has 2 rings (SSSR count). The van der Waals surface area contributed by atoms with Gasteiger partial charge in [0.05, 0.1) is 6.10 Å². The lowest BCUT2D eigenvalue weighted by atomic mass is 9.89. The summed E-state index contributed by atoms with van der Waals surface area (Å²) >= 11 is 0. The number of hydrogen-bond acceptors (Lipinski definition) is 2. The molecule has 2 heteroatoms. The maximum absolute atomic E-state index is 9.76. The van der Waals surface area contributed by atoms with Crippen molar-refractivity contribution in [1.82, 2.24) is 0 Å². The van der Waals surface area contributed by atoms with Gasteiger partial charge in [0.1, 0.15) is 0 Å². The van der Waals surface area contributed by atoms with Gasteiger partial charge in [0.2, 0.25) is 0 Å². The van der Waals surface area contributed by atoms with Crippen molar-refractivity contribution in [3.05, 3.63) is 34.9 Å². The van der Waals surface area contributed by atoms with Gasteiger partial charge in [-0.25, -0.2) is 0 Å². The first kappa shape index (κ1) is 10.7. The van der Waals surface area contributed by atoms with Gasteiger partial charge in [-0.2, -0.15) is 0 Å².